The maximum atomic E-state index is 11.5. The lowest BCUT2D eigenvalue weighted by Crippen LogP contribution is -2.19. The number of nitrogens with one attached hydrogen (secondary N) is 1. The van der Waals surface area contributed by atoms with Gasteiger partial charge in [-0.1, -0.05) is 37.3 Å². The molecule has 0 aliphatic carbocycles. The van der Waals surface area contributed by atoms with Gasteiger partial charge in [-0.3, -0.25) is 4.79 Å². The zero-order valence-corrected chi connectivity index (χ0v) is 9.81. The Labute approximate surface area is 99.7 Å². The summed E-state index contributed by atoms with van der Waals surface area (Å²) in [5, 5.41) is 7.94. The molecule has 0 saturated heterocycles. The van der Waals surface area contributed by atoms with Crippen LogP contribution in [0.4, 0.5) is 0 Å². The minimum Gasteiger partial charge on any atom is -0.307 e. The van der Waals surface area contributed by atoms with Crippen LogP contribution in [-0.4, -0.2) is 15.2 Å². The summed E-state index contributed by atoms with van der Waals surface area (Å²) >= 11 is 0. The third kappa shape index (κ3) is 3.00. The molecule has 0 saturated carbocycles. The fraction of sp³-hybridized carbons (Fsp3) is 0.308. The third-order valence-corrected chi connectivity index (χ3v) is 2.64. The lowest BCUT2D eigenvalue weighted by molar-refractivity contribution is 0.756. The summed E-state index contributed by atoms with van der Waals surface area (Å²) in [6.45, 7) is 1.89. The number of aromatic amines is 1. The van der Waals surface area contributed by atoms with Gasteiger partial charge in [0.05, 0.1) is 0 Å². The van der Waals surface area contributed by atoms with E-state index in [4.69, 9.17) is 0 Å². The molecule has 1 heterocycles. The van der Waals surface area contributed by atoms with Gasteiger partial charge < -0.3 is 4.98 Å². The quantitative estimate of drug-likeness (QED) is 0.864. The molecular formula is C13H15N3O. The smallest absolute Gasteiger partial charge is 0.272 e. The van der Waals surface area contributed by atoms with Crippen molar-refractivity contribution in [2.45, 2.75) is 26.2 Å². The zero-order chi connectivity index (χ0) is 12.1. The van der Waals surface area contributed by atoms with Crippen LogP contribution in [0.25, 0.3) is 0 Å². The first-order valence-corrected chi connectivity index (χ1v) is 5.78. The Kier molecular flexibility index (Phi) is 3.65. The summed E-state index contributed by atoms with van der Waals surface area (Å²) in [5.74, 6) is 0.649. The highest BCUT2D eigenvalue weighted by molar-refractivity contribution is 5.15. The molecule has 17 heavy (non-hydrogen) atoms. The van der Waals surface area contributed by atoms with E-state index in [1.165, 1.54) is 5.56 Å². The van der Waals surface area contributed by atoms with Gasteiger partial charge in [0, 0.05) is 6.42 Å². The van der Waals surface area contributed by atoms with Gasteiger partial charge in [-0.25, -0.2) is 0 Å². The topological polar surface area (TPSA) is 58.6 Å². The molecule has 2 rings (SSSR count). The van der Waals surface area contributed by atoms with Gasteiger partial charge >= 0.3 is 0 Å². The molecule has 1 aromatic heterocycles. The summed E-state index contributed by atoms with van der Waals surface area (Å²) < 4.78 is 0. The number of H-pyrrole nitrogens is 1. The van der Waals surface area contributed by atoms with E-state index >= 15 is 0 Å². The van der Waals surface area contributed by atoms with E-state index in [-0.39, 0.29) is 5.56 Å². The maximum absolute atomic E-state index is 11.5. The second-order valence-corrected chi connectivity index (χ2v) is 3.89. The molecule has 0 amide bonds. The second kappa shape index (κ2) is 5.39. The zero-order valence-electron chi connectivity index (χ0n) is 9.81. The lowest BCUT2D eigenvalue weighted by atomic mass is 10.1. The maximum Gasteiger partial charge on any atom is 0.272 e. The SMILES string of the molecule is CCc1nnc(CCc2ccccc2)[nH]c1=O. The van der Waals surface area contributed by atoms with Crippen LogP contribution in [0.1, 0.15) is 24.0 Å². The minimum absolute atomic E-state index is 0.120. The standard InChI is InChI=1S/C13H15N3O/c1-2-11-13(17)14-12(16-15-11)9-8-10-6-4-3-5-7-10/h3-7H,2,8-9H2,1H3,(H,14,16,17). The number of hydrogen-bond acceptors (Lipinski definition) is 3. The first-order chi connectivity index (χ1) is 8.29. The molecule has 0 fully saturated rings. The molecular weight excluding hydrogens is 214 g/mol. The van der Waals surface area contributed by atoms with Gasteiger partial charge in [0.25, 0.3) is 5.56 Å². The van der Waals surface area contributed by atoms with Crippen LogP contribution in [0.15, 0.2) is 35.1 Å². The van der Waals surface area contributed by atoms with Crippen LogP contribution in [-0.2, 0) is 19.3 Å². The average molecular weight is 229 g/mol. The Hall–Kier alpha value is -1.97. The van der Waals surface area contributed by atoms with E-state index in [1.54, 1.807) is 0 Å². The first-order valence-electron chi connectivity index (χ1n) is 5.78. The molecule has 0 atom stereocenters. The molecule has 4 nitrogen and oxygen atoms in total. The van der Waals surface area contributed by atoms with Gasteiger partial charge in [-0.2, -0.15) is 0 Å². The summed E-state index contributed by atoms with van der Waals surface area (Å²) in [6.07, 6.45) is 2.18. The second-order valence-electron chi connectivity index (χ2n) is 3.89. The highest BCUT2D eigenvalue weighted by Crippen LogP contribution is 2.02. The van der Waals surface area contributed by atoms with E-state index in [0.717, 1.165) is 6.42 Å². The van der Waals surface area contributed by atoms with Crippen LogP contribution in [0, 0.1) is 0 Å². The largest absolute Gasteiger partial charge is 0.307 e. The first kappa shape index (κ1) is 11.5. The minimum atomic E-state index is -0.120. The monoisotopic (exact) mass is 229 g/mol. The molecule has 0 aliphatic heterocycles. The van der Waals surface area contributed by atoms with Crippen molar-refractivity contribution in [3.63, 3.8) is 0 Å². The van der Waals surface area contributed by atoms with Gasteiger partial charge in [-0.05, 0) is 18.4 Å². The van der Waals surface area contributed by atoms with Crippen molar-refractivity contribution in [1.29, 1.82) is 0 Å². The van der Waals surface area contributed by atoms with Crippen LogP contribution in [0.3, 0.4) is 0 Å². The molecule has 0 aliphatic rings. The van der Waals surface area contributed by atoms with E-state index in [2.05, 4.69) is 27.3 Å². The van der Waals surface area contributed by atoms with Crippen molar-refractivity contribution >= 4 is 0 Å². The predicted molar refractivity (Wildman–Crippen MR) is 65.9 cm³/mol. The number of aromatic nitrogens is 3. The van der Waals surface area contributed by atoms with Crippen LogP contribution < -0.4 is 5.56 Å². The van der Waals surface area contributed by atoms with Crippen molar-refractivity contribution in [3.8, 4) is 0 Å². The van der Waals surface area contributed by atoms with E-state index in [9.17, 15) is 4.79 Å². The van der Waals surface area contributed by atoms with E-state index < -0.39 is 0 Å². The average Bonchev–Trinajstić information content (AvgIpc) is 2.38. The predicted octanol–water partition coefficient (Wildman–Crippen LogP) is 1.51. The normalized spacial score (nSPS) is 10.4. The van der Waals surface area contributed by atoms with Crippen molar-refractivity contribution in [2.24, 2.45) is 0 Å². The Morgan fingerprint density at radius 1 is 1.12 bits per heavy atom. The molecule has 0 spiro atoms. The summed E-state index contributed by atoms with van der Waals surface area (Å²) in [7, 11) is 0. The number of rotatable bonds is 4. The molecule has 0 unspecified atom stereocenters. The Morgan fingerprint density at radius 3 is 2.53 bits per heavy atom. The summed E-state index contributed by atoms with van der Waals surface area (Å²) in [4.78, 5) is 14.3. The van der Waals surface area contributed by atoms with Crippen molar-refractivity contribution < 1.29 is 0 Å². The summed E-state index contributed by atoms with van der Waals surface area (Å²) in [6, 6.07) is 10.1. The number of benzene rings is 1. The fourth-order valence-electron chi connectivity index (χ4n) is 1.65. The number of hydrogen-bond donors (Lipinski definition) is 1. The van der Waals surface area contributed by atoms with Gasteiger partial charge in [0.2, 0.25) is 0 Å². The van der Waals surface area contributed by atoms with Gasteiger partial charge in [0.1, 0.15) is 11.5 Å². The molecule has 1 aromatic carbocycles. The Bertz CT molecular complexity index is 534. The van der Waals surface area contributed by atoms with E-state index in [1.807, 2.05) is 25.1 Å². The molecule has 88 valence electrons. The van der Waals surface area contributed by atoms with Crippen LogP contribution in [0.2, 0.25) is 0 Å². The fourth-order valence-corrected chi connectivity index (χ4v) is 1.65. The summed E-state index contributed by atoms with van der Waals surface area (Å²) in [5.41, 5.74) is 1.61. The molecule has 1 N–H and O–H groups in total. The van der Waals surface area contributed by atoms with Crippen LogP contribution >= 0.6 is 0 Å². The molecule has 4 heteroatoms. The van der Waals surface area contributed by atoms with Gasteiger partial charge in [0.15, 0.2) is 0 Å². The number of aryl methyl sites for hydroxylation is 3. The molecule has 0 radical (unpaired) electrons. The highest BCUT2D eigenvalue weighted by atomic mass is 16.1. The third-order valence-electron chi connectivity index (χ3n) is 2.64. The molecule has 2 aromatic rings. The molecule has 0 bridgehead atoms. The Morgan fingerprint density at radius 2 is 1.88 bits per heavy atom. The van der Waals surface area contributed by atoms with Crippen molar-refractivity contribution in [2.75, 3.05) is 0 Å². The number of nitrogens with zero attached hydrogens (tertiary/aromatic N) is 2. The van der Waals surface area contributed by atoms with Crippen molar-refractivity contribution in [3.05, 3.63) is 57.8 Å². The van der Waals surface area contributed by atoms with E-state index in [0.29, 0.717) is 24.4 Å². The lowest BCUT2D eigenvalue weighted by Gasteiger charge is -2.01. The highest BCUT2D eigenvalue weighted by Gasteiger charge is 2.02. The van der Waals surface area contributed by atoms with Gasteiger partial charge in [-0.15, -0.1) is 10.2 Å². The van der Waals surface area contributed by atoms with Crippen molar-refractivity contribution in [1.82, 2.24) is 15.2 Å². The van der Waals surface area contributed by atoms with Crippen LogP contribution in [0.5, 0.6) is 0 Å². The Balaban J connectivity index is 2.05.